The van der Waals surface area contributed by atoms with Gasteiger partial charge in [-0.05, 0) is 32.8 Å². The van der Waals surface area contributed by atoms with Crippen molar-refractivity contribution in [3.8, 4) is 0 Å². The Morgan fingerprint density at radius 1 is 1.27 bits per heavy atom. The first-order valence-corrected chi connectivity index (χ1v) is 8.18. The van der Waals surface area contributed by atoms with Crippen molar-refractivity contribution in [2.45, 2.75) is 44.8 Å². The van der Waals surface area contributed by atoms with Crippen molar-refractivity contribution >= 4 is 6.09 Å². The monoisotopic (exact) mass is 302 g/mol. The minimum Gasteiger partial charge on any atom is -0.444 e. The van der Waals surface area contributed by atoms with Crippen molar-refractivity contribution in [1.29, 1.82) is 0 Å². The number of amides is 1. The van der Waals surface area contributed by atoms with Crippen LogP contribution in [0, 0.1) is 5.92 Å². The average molecular weight is 302 g/mol. The molecule has 1 aromatic carbocycles. The summed E-state index contributed by atoms with van der Waals surface area (Å²) in [5.41, 5.74) is 1.03. The molecule has 1 saturated carbocycles. The Kier molecular flexibility index (Phi) is 4.13. The molecule has 0 aromatic heterocycles. The molecule has 1 heterocycles. The van der Waals surface area contributed by atoms with Crippen molar-refractivity contribution in [3.05, 3.63) is 35.9 Å². The van der Waals surface area contributed by atoms with Crippen molar-refractivity contribution in [2.75, 3.05) is 19.6 Å². The van der Waals surface area contributed by atoms with E-state index in [9.17, 15) is 4.79 Å². The number of nitrogens with one attached hydrogen (secondary N) is 1. The van der Waals surface area contributed by atoms with E-state index >= 15 is 0 Å². The molecule has 1 N–H and O–H groups in total. The van der Waals surface area contributed by atoms with E-state index in [0.717, 1.165) is 19.6 Å². The summed E-state index contributed by atoms with van der Waals surface area (Å²) in [7, 11) is 0. The second-order valence-corrected chi connectivity index (χ2v) is 7.52. The van der Waals surface area contributed by atoms with Crippen molar-refractivity contribution in [3.63, 3.8) is 0 Å². The fourth-order valence-corrected chi connectivity index (χ4v) is 2.98. The molecule has 0 bridgehead atoms. The molecule has 0 spiro atoms. The Hall–Kier alpha value is -1.55. The molecule has 1 aliphatic carbocycles. The lowest BCUT2D eigenvalue weighted by molar-refractivity contribution is -0.000799. The third kappa shape index (κ3) is 3.80. The van der Waals surface area contributed by atoms with Gasteiger partial charge in [0, 0.05) is 37.5 Å². The molecule has 1 aromatic rings. The smallest absolute Gasteiger partial charge is 0.410 e. The highest BCUT2D eigenvalue weighted by molar-refractivity contribution is 5.69. The Morgan fingerprint density at radius 3 is 2.59 bits per heavy atom. The zero-order chi connectivity index (χ0) is 15.7. The fraction of sp³-hybridized carbons (Fsp3) is 0.611. The summed E-state index contributed by atoms with van der Waals surface area (Å²) in [6, 6.07) is 11.3. The molecule has 1 saturated heterocycles. The van der Waals surface area contributed by atoms with Crippen LogP contribution in [0.1, 0.15) is 38.7 Å². The van der Waals surface area contributed by atoms with Gasteiger partial charge in [0.05, 0.1) is 0 Å². The van der Waals surface area contributed by atoms with Gasteiger partial charge < -0.3 is 15.0 Å². The number of carbonyl (C=O) groups excluding carboxylic acids is 1. The van der Waals surface area contributed by atoms with Gasteiger partial charge in [0.25, 0.3) is 0 Å². The molecule has 22 heavy (non-hydrogen) atoms. The minimum absolute atomic E-state index is 0.183. The van der Waals surface area contributed by atoms with Crippen LogP contribution in [-0.2, 0) is 4.74 Å². The number of carbonyl (C=O) groups is 1. The van der Waals surface area contributed by atoms with Crippen LogP contribution in [0.25, 0.3) is 0 Å². The zero-order valence-corrected chi connectivity index (χ0v) is 13.7. The molecular formula is C18H26N2O2. The Balaban J connectivity index is 1.34. The first-order valence-electron chi connectivity index (χ1n) is 8.18. The minimum atomic E-state index is -0.405. The molecule has 0 unspecified atom stereocenters. The number of likely N-dealkylation sites (tertiary alicyclic amines) is 1. The van der Waals surface area contributed by atoms with Gasteiger partial charge in [-0.3, -0.25) is 0 Å². The third-order valence-electron chi connectivity index (χ3n) is 4.30. The molecule has 3 rings (SSSR count). The van der Waals surface area contributed by atoms with Crippen LogP contribution in [0.5, 0.6) is 0 Å². The van der Waals surface area contributed by atoms with Gasteiger partial charge in [0.1, 0.15) is 5.60 Å². The maximum Gasteiger partial charge on any atom is 0.410 e. The van der Waals surface area contributed by atoms with Crippen LogP contribution < -0.4 is 5.32 Å². The normalized spacial score (nSPS) is 24.8. The lowest BCUT2D eigenvalue weighted by atomic mass is 10.0. The van der Waals surface area contributed by atoms with Gasteiger partial charge in [0.15, 0.2) is 0 Å². The summed E-state index contributed by atoms with van der Waals surface area (Å²) >= 11 is 0. The SMILES string of the molecule is CC(C)(C)OC(=O)N1CC(CN[C@@H]2C[C@H]2c2ccccc2)C1. The first kappa shape index (κ1) is 15.3. The molecule has 1 aliphatic heterocycles. The third-order valence-corrected chi connectivity index (χ3v) is 4.30. The van der Waals surface area contributed by atoms with Crippen LogP contribution >= 0.6 is 0 Å². The van der Waals surface area contributed by atoms with E-state index in [1.165, 1.54) is 12.0 Å². The van der Waals surface area contributed by atoms with E-state index in [-0.39, 0.29) is 6.09 Å². The second kappa shape index (κ2) is 5.92. The predicted octanol–water partition coefficient (Wildman–Crippen LogP) is 3.00. The van der Waals surface area contributed by atoms with E-state index in [2.05, 4.69) is 35.6 Å². The van der Waals surface area contributed by atoms with Gasteiger partial charge in [-0.2, -0.15) is 0 Å². The molecule has 2 atom stereocenters. The van der Waals surface area contributed by atoms with Crippen LogP contribution in [0.4, 0.5) is 4.79 Å². The standard InChI is InChI=1S/C18H26N2O2/c1-18(2,3)22-17(21)20-11-13(12-20)10-19-16-9-15(16)14-7-5-4-6-8-14/h4-8,13,15-16,19H,9-12H2,1-3H3/t15-,16+/m0/s1. The lowest BCUT2D eigenvalue weighted by Gasteiger charge is -2.40. The number of rotatable bonds is 4. The van der Waals surface area contributed by atoms with Crippen molar-refractivity contribution in [2.24, 2.45) is 5.92 Å². The number of ether oxygens (including phenoxy) is 1. The number of hydrogen-bond acceptors (Lipinski definition) is 3. The largest absolute Gasteiger partial charge is 0.444 e. The van der Waals surface area contributed by atoms with Gasteiger partial charge in [0.2, 0.25) is 0 Å². The maximum atomic E-state index is 11.9. The van der Waals surface area contributed by atoms with Crippen LogP contribution in [0.15, 0.2) is 30.3 Å². The molecular weight excluding hydrogens is 276 g/mol. The first-order chi connectivity index (χ1) is 10.4. The van der Waals surface area contributed by atoms with E-state index in [0.29, 0.717) is 17.9 Å². The molecule has 2 aliphatic rings. The molecule has 4 heteroatoms. The zero-order valence-electron chi connectivity index (χ0n) is 13.7. The van der Waals surface area contributed by atoms with Crippen LogP contribution in [0.3, 0.4) is 0 Å². The highest BCUT2D eigenvalue weighted by atomic mass is 16.6. The van der Waals surface area contributed by atoms with Crippen LogP contribution in [-0.4, -0.2) is 42.3 Å². The lowest BCUT2D eigenvalue weighted by Crippen LogP contribution is -2.54. The molecule has 4 nitrogen and oxygen atoms in total. The summed E-state index contributed by atoms with van der Waals surface area (Å²) in [6.07, 6.45) is 1.05. The molecule has 1 amide bonds. The summed E-state index contributed by atoms with van der Waals surface area (Å²) < 4.78 is 5.37. The highest BCUT2D eigenvalue weighted by Crippen LogP contribution is 2.40. The molecule has 2 fully saturated rings. The van der Waals surface area contributed by atoms with Gasteiger partial charge >= 0.3 is 6.09 Å². The van der Waals surface area contributed by atoms with E-state index < -0.39 is 5.60 Å². The maximum absolute atomic E-state index is 11.9. The summed E-state index contributed by atoms with van der Waals surface area (Å²) in [5, 5.41) is 3.64. The van der Waals surface area contributed by atoms with Gasteiger partial charge in [-0.15, -0.1) is 0 Å². The van der Waals surface area contributed by atoms with Crippen molar-refractivity contribution < 1.29 is 9.53 Å². The van der Waals surface area contributed by atoms with Crippen LogP contribution in [0.2, 0.25) is 0 Å². The Bertz CT molecular complexity index is 518. The average Bonchev–Trinajstić information content (AvgIpc) is 3.15. The number of benzene rings is 1. The van der Waals surface area contributed by atoms with E-state index in [1.54, 1.807) is 4.90 Å². The molecule has 120 valence electrons. The quantitative estimate of drug-likeness (QED) is 0.929. The van der Waals surface area contributed by atoms with Gasteiger partial charge in [-0.25, -0.2) is 4.79 Å². The Morgan fingerprint density at radius 2 is 1.95 bits per heavy atom. The van der Waals surface area contributed by atoms with Gasteiger partial charge in [-0.1, -0.05) is 30.3 Å². The summed E-state index contributed by atoms with van der Waals surface area (Å²) in [4.78, 5) is 13.6. The second-order valence-electron chi connectivity index (χ2n) is 7.52. The summed E-state index contributed by atoms with van der Waals surface area (Å²) in [5.74, 6) is 1.23. The predicted molar refractivity (Wildman–Crippen MR) is 86.9 cm³/mol. The fourth-order valence-electron chi connectivity index (χ4n) is 2.98. The Labute approximate surface area is 132 Å². The number of nitrogens with zero attached hydrogens (tertiary/aromatic N) is 1. The van der Waals surface area contributed by atoms with Crippen molar-refractivity contribution in [1.82, 2.24) is 10.2 Å². The molecule has 0 radical (unpaired) electrons. The van der Waals surface area contributed by atoms with E-state index in [1.807, 2.05) is 20.8 Å². The number of hydrogen-bond donors (Lipinski definition) is 1. The van der Waals surface area contributed by atoms with E-state index in [4.69, 9.17) is 4.74 Å². The highest BCUT2D eigenvalue weighted by Gasteiger charge is 2.40. The topological polar surface area (TPSA) is 41.6 Å². The summed E-state index contributed by atoms with van der Waals surface area (Å²) in [6.45, 7) is 8.32.